The molecule has 2 aromatic carbocycles. The van der Waals surface area contributed by atoms with Gasteiger partial charge in [-0.25, -0.2) is 4.98 Å². The highest BCUT2D eigenvalue weighted by Gasteiger charge is 2.18. The summed E-state index contributed by atoms with van der Waals surface area (Å²) in [5.74, 6) is 0.752. The molecule has 0 spiro atoms. The fourth-order valence-electron chi connectivity index (χ4n) is 2.89. The van der Waals surface area contributed by atoms with Crippen LogP contribution in [0.4, 0.5) is 10.8 Å². The van der Waals surface area contributed by atoms with Crippen molar-refractivity contribution < 1.29 is 19.1 Å². The third-order valence-electron chi connectivity index (χ3n) is 4.20. The van der Waals surface area contributed by atoms with E-state index in [1.807, 2.05) is 35.7 Å². The largest absolute Gasteiger partial charge is 0.493 e. The highest BCUT2D eigenvalue weighted by Crippen LogP contribution is 2.31. The van der Waals surface area contributed by atoms with Crippen molar-refractivity contribution in [2.75, 3.05) is 24.4 Å². The second-order valence-corrected chi connectivity index (χ2v) is 6.98. The molecule has 3 aromatic rings. The van der Waals surface area contributed by atoms with Gasteiger partial charge in [0, 0.05) is 16.6 Å². The Bertz CT molecular complexity index is 1050. The van der Waals surface area contributed by atoms with E-state index in [4.69, 9.17) is 9.47 Å². The molecular formula is C20H17N3O4S. The molecule has 142 valence electrons. The second-order valence-electron chi connectivity index (χ2n) is 6.12. The van der Waals surface area contributed by atoms with E-state index < -0.39 is 0 Å². The van der Waals surface area contributed by atoms with Crippen LogP contribution in [0, 0.1) is 0 Å². The van der Waals surface area contributed by atoms with Crippen molar-refractivity contribution in [1.29, 1.82) is 0 Å². The minimum absolute atomic E-state index is 0.00609. The molecule has 0 atom stereocenters. The summed E-state index contributed by atoms with van der Waals surface area (Å²) in [4.78, 5) is 28.1. The van der Waals surface area contributed by atoms with Gasteiger partial charge < -0.3 is 14.8 Å². The summed E-state index contributed by atoms with van der Waals surface area (Å²) in [5, 5.41) is 7.89. The van der Waals surface area contributed by atoms with E-state index in [0.717, 1.165) is 22.5 Å². The molecule has 1 aliphatic rings. The number of nitrogens with one attached hydrogen (secondary N) is 2. The molecule has 0 unspecified atom stereocenters. The number of nitrogens with zero attached hydrogens (tertiary/aromatic N) is 1. The number of anilines is 2. The first-order valence-corrected chi connectivity index (χ1v) is 9.44. The van der Waals surface area contributed by atoms with Gasteiger partial charge in [0.05, 0.1) is 19.2 Å². The van der Waals surface area contributed by atoms with Crippen LogP contribution in [-0.4, -0.2) is 30.5 Å². The molecule has 7 nitrogen and oxygen atoms in total. The molecule has 2 N–H and O–H groups in total. The molecule has 1 aliphatic heterocycles. The lowest BCUT2D eigenvalue weighted by atomic mass is 10.1. The predicted molar refractivity (Wildman–Crippen MR) is 107 cm³/mol. The standard InChI is InChI=1S/C20H17N3O4S/c1-26-16-4-2-3-5-17(16)27-10-19(25)23-20-22-15(11-28-20)12-6-7-14-13(8-12)9-18(24)21-14/h2-8,11H,9-10H2,1H3,(H,21,24)(H,22,23,25). The van der Waals surface area contributed by atoms with E-state index in [-0.39, 0.29) is 18.4 Å². The maximum atomic E-state index is 12.2. The Labute approximate surface area is 165 Å². The lowest BCUT2D eigenvalue weighted by Gasteiger charge is -2.09. The van der Waals surface area contributed by atoms with Crippen LogP contribution in [0.2, 0.25) is 0 Å². The summed E-state index contributed by atoms with van der Waals surface area (Å²) in [7, 11) is 1.55. The number of rotatable bonds is 6. The van der Waals surface area contributed by atoms with Crippen LogP contribution in [0.25, 0.3) is 11.3 Å². The number of benzene rings is 2. The average Bonchev–Trinajstić information content (AvgIpc) is 3.31. The van der Waals surface area contributed by atoms with Crippen molar-refractivity contribution in [3.63, 3.8) is 0 Å². The van der Waals surface area contributed by atoms with Gasteiger partial charge in [0.1, 0.15) is 0 Å². The first-order chi connectivity index (χ1) is 13.6. The quantitative estimate of drug-likeness (QED) is 0.668. The number of hydrogen-bond donors (Lipinski definition) is 2. The minimum atomic E-state index is -0.310. The number of para-hydroxylation sites is 2. The number of carbonyl (C=O) groups is 2. The lowest BCUT2D eigenvalue weighted by molar-refractivity contribution is -0.118. The zero-order valence-corrected chi connectivity index (χ0v) is 15.8. The number of amides is 2. The van der Waals surface area contributed by atoms with Crippen LogP contribution < -0.4 is 20.1 Å². The monoisotopic (exact) mass is 395 g/mol. The van der Waals surface area contributed by atoms with E-state index in [1.54, 1.807) is 19.2 Å². The molecule has 2 amide bonds. The number of aromatic nitrogens is 1. The van der Waals surface area contributed by atoms with Gasteiger partial charge in [0.25, 0.3) is 5.91 Å². The number of carbonyl (C=O) groups excluding carboxylic acids is 2. The number of thiazole rings is 1. The average molecular weight is 395 g/mol. The SMILES string of the molecule is COc1ccccc1OCC(=O)Nc1nc(-c2ccc3c(c2)CC(=O)N3)cs1. The van der Waals surface area contributed by atoms with Crippen LogP contribution in [0.3, 0.4) is 0 Å². The fourth-order valence-corrected chi connectivity index (χ4v) is 3.62. The van der Waals surface area contributed by atoms with Gasteiger partial charge in [-0.3, -0.25) is 14.9 Å². The van der Waals surface area contributed by atoms with E-state index in [0.29, 0.717) is 23.1 Å². The molecule has 0 saturated carbocycles. The molecule has 4 rings (SSSR count). The van der Waals surface area contributed by atoms with E-state index in [1.165, 1.54) is 11.3 Å². The van der Waals surface area contributed by atoms with Crippen molar-refractivity contribution in [3.05, 3.63) is 53.4 Å². The molecule has 28 heavy (non-hydrogen) atoms. The topological polar surface area (TPSA) is 89.6 Å². The first kappa shape index (κ1) is 18.0. The fraction of sp³-hybridized carbons (Fsp3) is 0.150. The zero-order chi connectivity index (χ0) is 19.5. The van der Waals surface area contributed by atoms with Gasteiger partial charge in [-0.2, -0.15) is 0 Å². The summed E-state index contributed by atoms with van der Waals surface area (Å²) in [6.45, 7) is -0.151. The van der Waals surface area contributed by atoms with Crippen molar-refractivity contribution in [2.45, 2.75) is 6.42 Å². The maximum absolute atomic E-state index is 12.2. The third kappa shape index (κ3) is 3.81. The number of fused-ring (bicyclic) bond motifs is 1. The summed E-state index contributed by atoms with van der Waals surface area (Å²) in [6.07, 6.45) is 0.372. The number of ether oxygens (including phenoxy) is 2. The highest BCUT2D eigenvalue weighted by atomic mass is 32.1. The van der Waals surface area contributed by atoms with E-state index >= 15 is 0 Å². The van der Waals surface area contributed by atoms with Crippen LogP contribution in [-0.2, 0) is 16.0 Å². The van der Waals surface area contributed by atoms with E-state index in [2.05, 4.69) is 15.6 Å². The van der Waals surface area contributed by atoms with Crippen molar-refractivity contribution in [2.24, 2.45) is 0 Å². The van der Waals surface area contributed by atoms with Crippen LogP contribution in [0.5, 0.6) is 11.5 Å². The Hall–Kier alpha value is -3.39. The molecule has 0 aliphatic carbocycles. The van der Waals surface area contributed by atoms with Crippen molar-refractivity contribution >= 4 is 34.0 Å². The van der Waals surface area contributed by atoms with Crippen molar-refractivity contribution in [1.82, 2.24) is 4.98 Å². The second kappa shape index (κ2) is 7.69. The summed E-state index contributed by atoms with van der Waals surface area (Å²) >= 11 is 1.33. The minimum Gasteiger partial charge on any atom is -0.493 e. The predicted octanol–water partition coefficient (Wildman–Crippen LogP) is 3.33. The Morgan fingerprint density at radius 1 is 1.25 bits per heavy atom. The number of hydrogen-bond acceptors (Lipinski definition) is 6. The third-order valence-corrected chi connectivity index (χ3v) is 4.96. The highest BCUT2D eigenvalue weighted by molar-refractivity contribution is 7.14. The van der Waals surface area contributed by atoms with Gasteiger partial charge in [0.2, 0.25) is 5.91 Å². The summed E-state index contributed by atoms with van der Waals surface area (Å²) in [6, 6.07) is 12.8. The van der Waals surface area contributed by atoms with Gasteiger partial charge in [-0.1, -0.05) is 18.2 Å². The molecule has 2 heterocycles. The Balaban J connectivity index is 1.39. The molecule has 0 radical (unpaired) electrons. The first-order valence-electron chi connectivity index (χ1n) is 8.57. The zero-order valence-electron chi connectivity index (χ0n) is 15.0. The van der Waals surface area contributed by atoms with Gasteiger partial charge in [-0.05, 0) is 29.8 Å². The van der Waals surface area contributed by atoms with Crippen LogP contribution in [0.1, 0.15) is 5.56 Å². The van der Waals surface area contributed by atoms with Crippen LogP contribution in [0.15, 0.2) is 47.8 Å². The van der Waals surface area contributed by atoms with Gasteiger partial charge >= 0.3 is 0 Å². The molecular weight excluding hydrogens is 378 g/mol. The van der Waals surface area contributed by atoms with Gasteiger partial charge in [-0.15, -0.1) is 11.3 Å². The Morgan fingerprint density at radius 2 is 2.07 bits per heavy atom. The van der Waals surface area contributed by atoms with E-state index in [9.17, 15) is 9.59 Å². The summed E-state index contributed by atoms with van der Waals surface area (Å²) < 4.78 is 10.7. The maximum Gasteiger partial charge on any atom is 0.264 e. The molecule has 0 bridgehead atoms. The van der Waals surface area contributed by atoms with Crippen LogP contribution >= 0.6 is 11.3 Å². The number of methoxy groups -OCH3 is 1. The Kier molecular flexibility index (Phi) is 4.94. The van der Waals surface area contributed by atoms with Gasteiger partial charge in [0.15, 0.2) is 23.2 Å². The lowest BCUT2D eigenvalue weighted by Crippen LogP contribution is -2.20. The Morgan fingerprint density at radius 3 is 2.89 bits per heavy atom. The molecule has 0 saturated heterocycles. The van der Waals surface area contributed by atoms with Crippen molar-refractivity contribution in [3.8, 4) is 22.8 Å². The molecule has 1 aromatic heterocycles. The molecule has 0 fully saturated rings. The molecule has 8 heteroatoms. The normalized spacial score (nSPS) is 12.2. The smallest absolute Gasteiger partial charge is 0.264 e. The summed E-state index contributed by atoms with van der Waals surface area (Å²) in [5.41, 5.74) is 3.43.